The van der Waals surface area contributed by atoms with E-state index in [0.717, 1.165) is 10.9 Å². The molecule has 0 spiro atoms. The van der Waals surface area contributed by atoms with Gasteiger partial charge in [0.05, 0.1) is 19.8 Å². The normalized spacial score (nSPS) is 11.4. The summed E-state index contributed by atoms with van der Waals surface area (Å²) < 4.78 is 16.2. The SMILES string of the molecule is C=CC(C)(C)c1c(OC)c(OC)cc2ccc(=O)oc12. The van der Waals surface area contributed by atoms with Crippen LogP contribution in [0.2, 0.25) is 0 Å². The van der Waals surface area contributed by atoms with E-state index in [2.05, 4.69) is 6.58 Å². The summed E-state index contributed by atoms with van der Waals surface area (Å²) in [5.41, 5.74) is 0.419. The summed E-state index contributed by atoms with van der Waals surface area (Å²) in [4.78, 5) is 11.5. The van der Waals surface area contributed by atoms with Gasteiger partial charge in [-0.15, -0.1) is 6.58 Å². The van der Waals surface area contributed by atoms with Crippen molar-refractivity contribution in [2.24, 2.45) is 0 Å². The van der Waals surface area contributed by atoms with Crippen LogP contribution in [0.1, 0.15) is 19.4 Å². The van der Waals surface area contributed by atoms with Gasteiger partial charge in [-0.2, -0.15) is 0 Å². The predicted octanol–water partition coefficient (Wildman–Crippen LogP) is 3.27. The van der Waals surface area contributed by atoms with Gasteiger partial charge in [0.1, 0.15) is 5.58 Å². The molecular formula is C16H18O4. The first kappa shape index (κ1) is 14.2. The highest BCUT2D eigenvalue weighted by Crippen LogP contribution is 2.43. The Morgan fingerprint density at radius 2 is 1.95 bits per heavy atom. The van der Waals surface area contributed by atoms with Crippen molar-refractivity contribution < 1.29 is 13.9 Å². The van der Waals surface area contributed by atoms with Crippen molar-refractivity contribution in [3.8, 4) is 11.5 Å². The fraction of sp³-hybridized carbons (Fsp3) is 0.312. The molecule has 0 unspecified atom stereocenters. The van der Waals surface area contributed by atoms with E-state index >= 15 is 0 Å². The molecule has 1 aromatic carbocycles. The highest BCUT2D eigenvalue weighted by atomic mass is 16.5. The van der Waals surface area contributed by atoms with E-state index in [-0.39, 0.29) is 0 Å². The molecule has 4 nitrogen and oxygen atoms in total. The minimum atomic E-state index is -0.435. The molecule has 2 rings (SSSR count). The monoisotopic (exact) mass is 274 g/mol. The zero-order chi connectivity index (χ0) is 14.9. The largest absolute Gasteiger partial charge is 0.493 e. The fourth-order valence-electron chi connectivity index (χ4n) is 2.21. The van der Waals surface area contributed by atoms with Crippen LogP contribution in [0, 0.1) is 0 Å². The lowest BCUT2D eigenvalue weighted by Crippen LogP contribution is -2.16. The lowest BCUT2D eigenvalue weighted by molar-refractivity contribution is 0.347. The third-order valence-electron chi connectivity index (χ3n) is 3.41. The Balaban J connectivity index is 3.01. The molecule has 0 amide bonds. The van der Waals surface area contributed by atoms with Gasteiger partial charge in [0.25, 0.3) is 0 Å². The Hall–Kier alpha value is -2.23. The summed E-state index contributed by atoms with van der Waals surface area (Å²) >= 11 is 0. The zero-order valence-electron chi connectivity index (χ0n) is 12.1. The third kappa shape index (κ3) is 2.18. The summed E-state index contributed by atoms with van der Waals surface area (Å²) in [5, 5.41) is 0.784. The van der Waals surface area contributed by atoms with Crippen LogP contribution < -0.4 is 15.1 Å². The predicted molar refractivity (Wildman–Crippen MR) is 78.8 cm³/mol. The Bertz CT molecular complexity index is 710. The van der Waals surface area contributed by atoms with E-state index < -0.39 is 11.0 Å². The van der Waals surface area contributed by atoms with Crippen molar-refractivity contribution in [2.75, 3.05) is 14.2 Å². The maximum absolute atomic E-state index is 11.5. The van der Waals surface area contributed by atoms with E-state index in [0.29, 0.717) is 17.1 Å². The molecule has 4 heteroatoms. The minimum absolute atomic E-state index is 0.397. The van der Waals surface area contributed by atoms with Gasteiger partial charge in [-0.05, 0) is 12.1 Å². The number of methoxy groups -OCH3 is 2. The summed E-state index contributed by atoms with van der Waals surface area (Å²) in [6.07, 6.45) is 1.79. The number of hydrogen-bond donors (Lipinski definition) is 0. The number of allylic oxidation sites excluding steroid dienone is 1. The van der Waals surface area contributed by atoms with Crippen molar-refractivity contribution in [3.05, 3.63) is 46.8 Å². The average molecular weight is 274 g/mol. The van der Waals surface area contributed by atoms with Crippen LogP contribution in [-0.2, 0) is 5.41 Å². The maximum Gasteiger partial charge on any atom is 0.336 e. The van der Waals surface area contributed by atoms with Gasteiger partial charge in [0.15, 0.2) is 11.5 Å². The van der Waals surface area contributed by atoms with Crippen molar-refractivity contribution in [3.63, 3.8) is 0 Å². The van der Waals surface area contributed by atoms with E-state index in [4.69, 9.17) is 13.9 Å². The van der Waals surface area contributed by atoms with Crippen LogP contribution in [0.5, 0.6) is 11.5 Å². The van der Waals surface area contributed by atoms with Crippen molar-refractivity contribution in [2.45, 2.75) is 19.3 Å². The molecule has 1 heterocycles. The first-order valence-corrected chi connectivity index (χ1v) is 6.27. The molecule has 0 saturated carbocycles. The van der Waals surface area contributed by atoms with Crippen molar-refractivity contribution >= 4 is 11.0 Å². The minimum Gasteiger partial charge on any atom is -0.493 e. The molecule has 2 aromatic rings. The Morgan fingerprint density at radius 1 is 1.25 bits per heavy atom. The van der Waals surface area contributed by atoms with Gasteiger partial charge in [-0.3, -0.25) is 0 Å². The molecule has 20 heavy (non-hydrogen) atoms. The second kappa shape index (κ2) is 5.04. The lowest BCUT2D eigenvalue weighted by Gasteiger charge is -2.25. The van der Waals surface area contributed by atoms with Crippen LogP contribution in [0.25, 0.3) is 11.0 Å². The highest BCUT2D eigenvalue weighted by molar-refractivity contribution is 5.86. The third-order valence-corrected chi connectivity index (χ3v) is 3.41. The van der Waals surface area contributed by atoms with Gasteiger partial charge >= 0.3 is 5.63 Å². The molecule has 0 radical (unpaired) electrons. The number of benzene rings is 1. The molecule has 0 bridgehead atoms. The second-order valence-corrected chi connectivity index (χ2v) is 5.09. The lowest BCUT2D eigenvalue weighted by atomic mass is 9.83. The molecule has 106 valence electrons. The quantitative estimate of drug-likeness (QED) is 0.634. The average Bonchev–Trinajstić information content (AvgIpc) is 2.44. The molecular weight excluding hydrogens is 256 g/mol. The molecule has 0 N–H and O–H groups in total. The van der Waals surface area contributed by atoms with E-state index in [1.165, 1.54) is 6.07 Å². The molecule has 0 fully saturated rings. The van der Waals surface area contributed by atoms with Crippen molar-refractivity contribution in [1.82, 2.24) is 0 Å². The number of fused-ring (bicyclic) bond motifs is 1. The summed E-state index contributed by atoms with van der Waals surface area (Å²) in [6, 6.07) is 4.89. The van der Waals surface area contributed by atoms with Gasteiger partial charge in [-0.1, -0.05) is 19.9 Å². The molecule has 0 aliphatic carbocycles. The Morgan fingerprint density at radius 3 is 2.50 bits per heavy atom. The van der Waals surface area contributed by atoms with Gasteiger partial charge in [0.2, 0.25) is 0 Å². The number of ether oxygens (including phenoxy) is 2. The van der Waals surface area contributed by atoms with E-state index in [1.54, 1.807) is 32.4 Å². The summed E-state index contributed by atoms with van der Waals surface area (Å²) in [5.74, 6) is 1.15. The van der Waals surface area contributed by atoms with Crippen LogP contribution in [0.15, 0.2) is 40.1 Å². The van der Waals surface area contributed by atoms with Gasteiger partial charge < -0.3 is 13.9 Å². The molecule has 0 atom stereocenters. The van der Waals surface area contributed by atoms with Crippen LogP contribution in [-0.4, -0.2) is 14.2 Å². The van der Waals surface area contributed by atoms with Crippen LogP contribution in [0.4, 0.5) is 0 Å². The molecule has 1 aromatic heterocycles. The number of hydrogen-bond acceptors (Lipinski definition) is 4. The van der Waals surface area contributed by atoms with E-state index in [9.17, 15) is 4.79 Å². The topological polar surface area (TPSA) is 48.7 Å². The van der Waals surface area contributed by atoms with Crippen molar-refractivity contribution in [1.29, 1.82) is 0 Å². The Kier molecular flexibility index (Phi) is 3.57. The molecule has 0 aliphatic rings. The van der Waals surface area contributed by atoms with E-state index in [1.807, 2.05) is 13.8 Å². The highest BCUT2D eigenvalue weighted by Gasteiger charge is 2.28. The first-order valence-electron chi connectivity index (χ1n) is 6.27. The molecule has 0 aliphatic heterocycles. The van der Waals surface area contributed by atoms with Gasteiger partial charge in [-0.25, -0.2) is 4.79 Å². The maximum atomic E-state index is 11.5. The Labute approximate surface area is 117 Å². The smallest absolute Gasteiger partial charge is 0.336 e. The fourth-order valence-corrected chi connectivity index (χ4v) is 2.21. The standard InChI is InChI=1S/C16H18O4/c1-6-16(2,3)13-14-10(7-8-12(17)20-14)9-11(18-4)15(13)19-5/h6-9H,1H2,2-5H3. The summed E-state index contributed by atoms with van der Waals surface area (Å²) in [7, 11) is 3.14. The number of rotatable bonds is 4. The first-order chi connectivity index (χ1) is 9.44. The van der Waals surface area contributed by atoms with Crippen LogP contribution in [0.3, 0.4) is 0 Å². The second-order valence-electron chi connectivity index (χ2n) is 5.09. The summed E-state index contributed by atoms with van der Waals surface area (Å²) in [6.45, 7) is 7.80. The van der Waals surface area contributed by atoms with Crippen LogP contribution >= 0.6 is 0 Å². The van der Waals surface area contributed by atoms with Gasteiger partial charge in [0, 0.05) is 16.9 Å². The zero-order valence-corrected chi connectivity index (χ0v) is 12.1. The molecule has 0 saturated heterocycles.